The number of anilines is 3. The van der Waals surface area contributed by atoms with Gasteiger partial charge in [0, 0.05) is 12.7 Å². The highest BCUT2D eigenvalue weighted by molar-refractivity contribution is 5.71. The first-order valence-corrected chi connectivity index (χ1v) is 4.75. The summed E-state index contributed by atoms with van der Waals surface area (Å²) in [5.41, 5.74) is 8.12. The van der Waals surface area contributed by atoms with Crippen molar-refractivity contribution in [2.45, 2.75) is 0 Å². The Morgan fingerprint density at radius 1 is 1.38 bits per heavy atom. The summed E-state index contributed by atoms with van der Waals surface area (Å²) in [5, 5.41) is 15.2. The van der Waals surface area contributed by atoms with Gasteiger partial charge in [-0.25, -0.2) is 0 Å². The molecular weight excluding hydrogens is 202 g/mol. The molecule has 0 fully saturated rings. The van der Waals surface area contributed by atoms with Crippen LogP contribution in [0, 0.1) is 11.3 Å². The van der Waals surface area contributed by atoms with Gasteiger partial charge in [-0.1, -0.05) is 0 Å². The third kappa shape index (κ3) is 1.68. The van der Waals surface area contributed by atoms with Gasteiger partial charge in [-0.15, -0.1) is 0 Å². The van der Waals surface area contributed by atoms with E-state index in [1.165, 1.54) is 0 Å². The maximum atomic E-state index is 8.70. The van der Waals surface area contributed by atoms with Gasteiger partial charge in [0.15, 0.2) is 0 Å². The lowest BCUT2D eigenvalue weighted by Crippen LogP contribution is -2.10. The van der Waals surface area contributed by atoms with Crippen molar-refractivity contribution in [1.82, 2.24) is 10.2 Å². The van der Waals surface area contributed by atoms with Crippen LogP contribution >= 0.6 is 0 Å². The molecule has 2 aromatic rings. The SMILES string of the molecule is CN(c1ccc(C#N)cc1)c1cn[nH]c1N. The van der Waals surface area contributed by atoms with Crippen molar-refractivity contribution in [2.24, 2.45) is 0 Å². The van der Waals surface area contributed by atoms with Crippen LogP contribution in [0.5, 0.6) is 0 Å². The van der Waals surface area contributed by atoms with Crippen LogP contribution in [-0.2, 0) is 0 Å². The monoisotopic (exact) mass is 213 g/mol. The molecule has 0 radical (unpaired) electrons. The molecule has 5 heteroatoms. The second-order valence-electron chi connectivity index (χ2n) is 3.39. The van der Waals surface area contributed by atoms with Crippen LogP contribution in [0.25, 0.3) is 0 Å². The van der Waals surface area contributed by atoms with Gasteiger partial charge in [-0.3, -0.25) is 5.10 Å². The summed E-state index contributed by atoms with van der Waals surface area (Å²) in [6.07, 6.45) is 1.66. The fraction of sp³-hybridized carbons (Fsp3) is 0.0909. The summed E-state index contributed by atoms with van der Waals surface area (Å²) >= 11 is 0. The van der Waals surface area contributed by atoms with Crippen molar-refractivity contribution in [3.63, 3.8) is 0 Å². The van der Waals surface area contributed by atoms with Gasteiger partial charge in [-0.05, 0) is 24.3 Å². The summed E-state index contributed by atoms with van der Waals surface area (Å²) < 4.78 is 0. The Morgan fingerprint density at radius 2 is 2.06 bits per heavy atom. The molecule has 0 aliphatic carbocycles. The average molecular weight is 213 g/mol. The molecule has 0 saturated heterocycles. The van der Waals surface area contributed by atoms with Gasteiger partial charge >= 0.3 is 0 Å². The second kappa shape index (κ2) is 3.95. The molecule has 0 spiro atoms. The molecule has 80 valence electrons. The Balaban J connectivity index is 2.31. The second-order valence-corrected chi connectivity index (χ2v) is 3.39. The molecule has 1 aromatic heterocycles. The molecule has 2 rings (SSSR count). The van der Waals surface area contributed by atoms with E-state index in [0.29, 0.717) is 11.4 Å². The Morgan fingerprint density at radius 3 is 2.56 bits per heavy atom. The van der Waals surface area contributed by atoms with Crippen LogP contribution in [0.3, 0.4) is 0 Å². The van der Waals surface area contributed by atoms with Crippen LogP contribution in [0.2, 0.25) is 0 Å². The Bertz CT molecular complexity index is 520. The van der Waals surface area contributed by atoms with Gasteiger partial charge in [-0.2, -0.15) is 10.4 Å². The van der Waals surface area contributed by atoms with Crippen molar-refractivity contribution < 1.29 is 0 Å². The normalized spacial score (nSPS) is 9.75. The molecule has 1 heterocycles. The maximum absolute atomic E-state index is 8.70. The van der Waals surface area contributed by atoms with E-state index in [2.05, 4.69) is 16.3 Å². The predicted molar refractivity (Wildman–Crippen MR) is 62.2 cm³/mol. The number of nitrogen functional groups attached to an aromatic ring is 1. The molecule has 1 aromatic carbocycles. The van der Waals surface area contributed by atoms with Crippen molar-refractivity contribution in [3.05, 3.63) is 36.0 Å². The van der Waals surface area contributed by atoms with Crippen molar-refractivity contribution >= 4 is 17.2 Å². The number of hydrogen-bond acceptors (Lipinski definition) is 4. The zero-order valence-electron chi connectivity index (χ0n) is 8.81. The molecule has 0 saturated carbocycles. The molecule has 0 bridgehead atoms. The largest absolute Gasteiger partial charge is 0.382 e. The Hall–Kier alpha value is -2.48. The highest BCUT2D eigenvalue weighted by atomic mass is 15.2. The van der Waals surface area contributed by atoms with Gasteiger partial charge in [0.25, 0.3) is 0 Å². The number of nitrogens with zero attached hydrogens (tertiary/aromatic N) is 3. The van der Waals surface area contributed by atoms with E-state index >= 15 is 0 Å². The van der Waals surface area contributed by atoms with Gasteiger partial charge in [0.1, 0.15) is 11.5 Å². The molecule has 0 atom stereocenters. The molecule has 0 amide bonds. The molecule has 16 heavy (non-hydrogen) atoms. The van der Waals surface area contributed by atoms with E-state index in [1.54, 1.807) is 18.3 Å². The molecule has 0 aliphatic rings. The third-order valence-electron chi connectivity index (χ3n) is 2.39. The molecular formula is C11H11N5. The summed E-state index contributed by atoms with van der Waals surface area (Å²) in [7, 11) is 1.89. The number of hydrogen-bond donors (Lipinski definition) is 2. The number of benzene rings is 1. The fourth-order valence-electron chi connectivity index (χ4n) is 1.46. The lowest BCUT2D eigenvalue weighted by atomic mass is 10.2. The predicted octanol–water partition coefficient (Wildman–Crippen LogP) is 1.63. The Labute approximate surface area is 93.1 Å². The minimum atomic E-state index is 0.520. The first kappa shape index (κ1) is 10.1. The van der Waals surface area contributed by atoms with Crippen LogP contribution in [0.15, 0.2) is 30.5 Å². The minimum Gasteiger partial charge on any atom is -0.382 e. The van der Waals surface area contributed by atoms with Crippen LogP contribution in [0.4, 0.5) is 17.2 Å². The number of H-pyrrole nitrogens is 1. The summed E-state index contributed by atoms with van der Waals surface area (Å²) in [5.74, 6) is 0.520. The van der Waals surface area contributed by atoms with Gasteiger partial charge in [0.2, 0.25) is 0 Å². The van der Waals surface area contributed by atoms with E-state index in [4.69, 9.17) is 11.0 Å². The van der Waals surface area contributed by atoms with Crippen LogP contribution < -0.4 is 10.6 Å². The Kier molecular flexibility index (Phi) is 2.48. The van der Waals surface area contributed by atoms with E-state index < -0.39 is 0 Å². The highest BCUT2D eigenvalue weighted by Gasteiger charge is 2.08. The van der Waals surface area contributed by atoms with E-state index in [1.807, 2.05) is 24.1 Å². The molecule has 0 unspecified atom stereocenters. The topological polar surface area (TPSA) is 81.7 Å². The van der Waals surface area contributed by atoms with Crippen molar-refractivity contribution in [2.75, 3.05) is 17.7 Å². The van der Waals surface area contributed by atoms with Gasteiger partial charge in [0.05, 0.1) is 17.8 Å². The van der Waals surface area contributed by atoms with E-state index in [9.17, 15) is 0 Å². The number of aromatic nitrogens is 2. The zero-order valence-corrected chi connectivity index (χ0v) is 8.81. The standard InChI is InChI=1S/C11H11N5/c1-16(10-7-14-15-11(10)13)9-4-2-8(6-12)3-5-9/h2-5,7H,1H3,(H3,13,14,15). The quantitative estimate of drug-likeness (QED) is 0.794. The summed E-state index contributed by atoms with van der Waals surface area (Å²) in [6.45, 7) is 0. The average Bonchev–Trinajstić information content (AvgIpc) is 2.75. The first-order chi connectivity index (χ1) is 7.72. The fourth-order valence-corrected chi connectivity index (χ4v) is 1.46. The molecule has 3 N–H and O–H groups in total. The minimum absolute atomic E-state index is 0.520. The number of nitriles is 1. The van der Waals surface area contributed by atoms with Crippen molar-refractivity contribution in [1.29, 1.82) is 5.26 Å². The smallest absolute Gasteiger partial charge is 0.143 e. The molecule has 0 aliphatic heterocycles. The van der Waals surface area contributed by atoms with Gasteiger partial charge < -0.3 is 10.6 Å². The number of nitrogens with one attached hydrogen (secondary N) is 1. The number of nitrogens with two attached hydrogens (primary N) is 1. The third-order valence-corrected chi connectivity index (χ3v) is 2.39. The lowest BCUT2D eigenvalue weighted by molar-refractivity contribution is 1.10. The summed E-state index contributed by atoms with van der Waals surface area (Å²) in [4.78, 5) is 1.90. The van der Waals surface area contributed by atoms with E-state index in [-0.39, 0.29) is 0 Å². The highest BCUT2D eigenvalue weighted by Crippen LogP contribution is 2.26. The lowest BCUT2D eigenvalue weighted by Gasteiger charge is -2.17. The maximum Gasteiger partial charge on any atom is 0.143 e. The zero-order chi connectivity index (χ0) is 11.5. The first-order valence-electron chi connectivity index (χ1n) is 4.75. The van der Waals surface area contributed by atoms with Crippen LogP contribution in [-0.4, -0.2) is 17.2 Å². The van der Waals surface area contributed by atoms with Crippen molar-refractivity contribution in [3.8, 4) is 6.07 Å². The number of rotatable bonds is 2. The van der Waals surface area contributed by atoms with Crippen LogP contribution in [0.1, 0.15) is 5.56 Å². The number of aromatic amines is 1. The van der Waals surface area contributed by atoms with E-state index in [0.717, 1.165) is 11.4 Å². The molecule has 5 nitrogen and oxygen atoms in total. The summed E-state index contributed by atoms with van der Waals surface area (Å²) in [6, 6.07) is 9.34.